The fourth-order valence-corrected chi connectivity index (χ4v) is 3.17. The summed E-state index contributed by atoms with van der Waals surface area (Å²) in [7, 11) is 0. The molecule has 2 nitrogen and oxygen atoms in total. The lowest BCUT2D eigenvalue weighted by atomic mass is 10.00. The highest BCUT2D eigenvalue weighted by atomic mass is 79.9. The molecule has 98 valence electrons. The maximum atomic E-state index is 5.90. The molecule has 3 rings (SSSR count). The smallest absolute Gasteiger partial charge is 0.0457 e. The van der Waals surface area contributed by atoms with Crippen LogP contribution in [0.4, 0.5) is 11.4 Å². The number of nitrogens with zero attached hydrogens (tertiary/aromatic N) is 1. The number of aryl methyl sites for hydroxylation is 1. The van der Waals surface area contributed by atoms with E-state index in [4.69, 9.17) is 5.73 Å². The van der Waals surface area contributed by atoms with Crippen molar-refractivity contribution in [1.29, 1.82) is 0 Å². The summed E-state index contributed by atoms with van der Waals surface area (Å²) in [5.74, 6) is 0. The molecule has 0 saturated heterocycles. The fourth-order valence-electron chi connectivity index (χ4n) is 2.76. The van der Waals surface area contributed by atoms with E-state index in [0.717, 1.165) is 11.0 Å². The van der Waals surface area contributed by atoms with Gasteiger partial charge in [0.2, 0.25) is 0 Å². The zero-order chi connectivity index (χ0) is 13.2. The Balaban J connectivity index is 2.09. The molecule has 0 fully saturated rings. The summed E-state index contributed by atoms with van der Waals surface area (Å²) in [5, 5.41) is 0. The highest BCUT2D eigenvalue weighted by Gasteiger charge is 2.19. The van der Waals surface area contributed by atoms with E-state index in [-0.39, 0.29) is 0 Å². The van der Waals surface area contributed by atoms with Gasteiger partial charge in [0.1, 0.15) is 0 Å². The van der Waals surface area contributed by atoms with Gasteiger partial charge in [0.05, 0.1) is 0 Å². The van der Waals surface area contributed by atoms with Crippen molar-refractivity contribution in [2.45, 2.75) is 19.4 Å². The van der Waals surface area contributed by atoms with Crippen molar-refractivity contribution in [3.05, 3.63) is 58.1 Å². The highest BCUT2D eigenvalue weighted by molar-refractivity contribution is 9.10. The summed E-state index contributed by atoms with van der Waals surface area (Å²) < 4.78 is 1.09. The summed E-state index contributed by atoms with van der Waals surface area (Å²) in [6.45, 7) is 1.62. The lowest BCUT2D eigenvalue weighted by molar-refractivity contribution is 0.763. The van der Waals surface area contributed by atoms with E-state index in [0.29, 0.717) is 6.54 Å². The molecule has 0 radical (unpaired) electrons. The van der Waals surface area contributed by atoms with Gasteiger partial charge in [-0.15, -0.1) is 0 Å². The van der Waals surface area contributed by atoms with Gasteiger partial charge in [-0.2, -0.15) is 0 Å². The molecule has 0 spiro atoms. The van der Waals surface area contributed by atoms with Crippen molar-refractivity contribution in [2.75, 3.05) is 11.4 Å². The molecule has 0 saturated carbocycles. The minimum absolute atomic E-state index is 0.563. The fraction of sp³-hybridized carbons (Fsp3) is 0.250. The Morgan fingerprint density at radius 1 is 1.11 bits per heavy atom. The van der Waals surface area contributed by atoms with Gasteiger partial charge in [-0.25, -0.2) is 0 Å². The Labute approximate surface area is 122 Å². The number of nitrogens with two attached hydrogens (primary N) is 1. The van der Waals surface area contributed by atoms with Crippen molar-refractivity contribution >= 4 is 27.3 Å². The molecule has 0 aliphatic carbocycles. The number of hydrogen-bond donors (Lipinski definition) is 1. The van der Waals surface area contributed by atoms with Gasteiger partial charge in [-0.3, -0.25) is 0 Å². The molecule has 1 heterocycles. The lowest BCUT2D eigenvalue weighted by Crippen LogP contribution is -2.25. The number of benzene rings is 2. The van der Waals surface area contributed by atoms with E-state index >= 15 is 0 Å². The van der Waals surface area contributed by atoms with E-state index in [1.54, 1.807) is 0 Å². The summed E-state index contributed by atoms with van der Waals surface area (Å²) in [4.78, 5) is 2.40. The molecular weight excluding hydrogens is 300 g/mol. The van der Waals surface area contributed by atoms with Gasteiger partial charge in [-0.1, -0.05) is 34.1 Å². The Morgan fingerprint density at radius 2 is 1.95 bits per heavy atom. The zero-order valence-electron chi connectivity index (χ0n) is 10.8. The average Bonchev–Trinajstić information content (AvgIpc) is 2.46. The maximum absolute atomic E-state index is 5.90. The Kier molecular flexibility index (Phi) is 3.58. The lowest BCUT2D eigenvalue weighted by Gasteiger charge is -2.32. The summed E-state index contributed by atoms with van der Waals surface area (Å²) in [6.07, 6.45) is 2.36. The third-order valence-electron chi connectivity index (χ3n) is 3.66. The van der Waals surface area contributed by atoms with E-state index in [1.165, 1.54) is 35.3 Å². The molecular formula is C16H17BrN2. The van der Waals surface area contributed by atoms with E-state index in [2.05, 4.69) is 63.3 Å². The predicted octanol–water partition coefficient (Wildman–Crippen LogP) is 3.99. The Bertz CT molecular complexity index is 595. The second-order valence-corrected chi connectivity index (χ2v) is 5.78. The first kappa shape index (κ1) is 12.7. The molecule has 3 heteroatoms. The van der Waals surface area contributed by atoms with Crippen LogP contribution in [-0.2, 0) is 13.0 Å². The van der Waals surface area contributed by atoms with Crippen LogP contribution in [0.1, 0.15) is 17.5 Å². The van der Waals surface area contributed by atoms with Crippen LogP contribution in [0.25, 0.3) is 0 Å². The van der Waals surface area contributed by atoms with Crippen LogP contribution in [-0.4, -0.2) is 6.54 Å². The summed E-state index contributed by atoms with van der Waals surface area (Å²) in [5.41, 5.74) is 11.1. The monoisotopic (exact) mass is 316 g/mol. The molecule has 2 aromatic carbocycles. The average molecular weight is 317 g/mol. The molecule has 0 unspecified atom stereocenters. The summed E-state index contributed by atoms with van der Waals surface area (Å²) in [6, 6.07) is 15.0. The van der Waals surface area contributed by atoms with Crippen molar-refractivity contribution in [3.8, 4) is 0 Å². The molecule has 0 aromatic heterocycles. The number of halogens is 1. The number of fused-ring (bicyclic) bond motifs is 1. The first-order valence-electron chi connectivity index (χ1n) is 6.63. The Morgan fingerprint density at radius 3 is 2.79 bits per heavy atom. The predicted molar refractivity (Wildman–Crippen MR) is 83.8 cm³/mol. The van der Waals surface area contributed by atoms with Crippen molar-refractivity contribution in [1.82, 2.24) is 0 Å². The number of rotatable bonds is 2. The minimum atomic E-state index is 0.563. The van der Waals surface area contributed by atoms with Crippen molar-refractivity contribution in [2.24, 2.45) is 5.73 Å². The maximum Gasteiger partial charge on any atom is 0.0457 e. The standard InChI is InChI=1S/C16H17BrN2/c17-14-7-8-16(13(10-14)11-18)19-9-3-5-12-4-1-2-6-15(12)19/h1-2,4,6-8,10H,3,5,9,11,18H2. The van der Waals surface area contributed by atoms with Crippen LogP contribution in [0, 0.1) is 0 Å². The van der Waals surface area contributed by atoms with E-state index in [9.17, 15) is 0 Å². The third kappa shape index (κ3) is 2.40. The first-order chi connectivity index (χ1) is 9.29. The van der Waals surface area contributed by atoms with Crippen molar-refractivity contribution < 1.29 is 0 Å². The molecule has 0 atom stereocenters. The topological polar surface area (TPSA) is 29.3 Å². The van der Waals surface area contributed by atoms with Crippen LogP contribution in [0.15, 0.2) is 46.9 Å². The second-order valence-electron chi connectivity index (χ2n) is 4.86. The SMILES string of the molecule is NCc1cc(Br)ccc1N1CCCc2ccccc21. The number of hydrogen-bond acceptors (Lipinski definition) is 2. The minimum Gasteiger partial charge on any atom is -0.341 e. The Hall–Kier alpha value is -1.32. The largest absolute Gasteiger partial charge is 0.341 e. The molecule has 19 heavy (non-hydrogen) atoms. The number of anilines is 2. The van der Waals surface area contributed by atoms with Gasteiger partial charge in [0.25, 0.3) is 0 Å². The number of para-hydroxylation sites is 1. The van der Waals surface area contributed by atoms with Gasteiger partial charge in [-0.05, 0) is 48.2 Å². The first-order valence-corrected chi connectivity index (χ1v) is 7.43. The normalized spacial score (nSPS) is 14.3. The molecule has 0 amide bonds. The van der Waals surface area contributed by atoms with Crippen molar-refractivity contribution in [3.63, 3.8) is 0 Å². The molecule has 2 N–H and O–H groups in total. The van der Waals surface area contributed by atoms with Crippen LogP contribution in [0.3, 0.4) is 0 Å². The van der Waals surface area contributed by atoms with Gasteiger partial charge >= 0.3 is 0 Å². The second kappa shape index (κ2) is 5.35. The van der Waals surface area contributed by atoms with E-state index in [1.807, 2.05) is 0 Å². The van der Waals surface area contributed by atoms with Gasteiger partial charge < -0.3 is 10.6 Å². The van der Waals surface area contributed by atoms with Crippen LogP contribution < -0.4 is 10.6 Å². The van der Waals surface area contributed by atoms with Gasteiger partial charge in [0, 0.05) is 28.9 Å². The van der Waals surface area contributed by atoms with Crippen LogP contribution >= 0.6 is 15.9 Å². The quantitative estimate of drug-likeness (QED) is 0.907. The van der Waals surface area contributed by atoms with E-state index < -0.39 is 0 Å². The molecule has 2 aromatic rings. The van der Waals surface area contributed by atoms with Crippen LogP contribution in [0.5, 0.6) is 0 Å². The van der Waals surface area contributed by atoms with Gasteiger partial charge in [0.15, 0.2) is 0 Å². The van der Waals surface area contributed by atoms with Crippen LogP contribution in [0.2, 0.25) is 0 Å². The third-order valence-corrected chi connectivity index (χ3v) is 4.16. The highest BCUT2D eigenvalue weighted by Crippen LogP contribution is 2.35. The zero-order valence-corrected chi connectivity index (χ0v) is 12.4. The molecule has 1 aliphatic heterocycles. The molecule has 1 aliphatic rings. The molecule has 0 bridgehead atoms. The summed E-state index contributed by atoms with van der Waals surface area (Å²) >= 11 is 3.52.